The number of aromatic amines is 1. The lowest BCUT2D eigenvalue weighted by Crippen LogP contribution is -2.21. The molecule has 0 radical (unpaired) electrons. The number of carbonyl (C=O) groups excluding carboxylic acids is 1. The second-order valence-electron chi connectivity index (χ2n) is 5.28. The summed E-state index contributed by atoms with van der Waals surface area (Å²) in [6.45, 7) is 0. The van der Waals surface area contributed by atoms with Crippen molar-refractivity contribution in [1.82, 2.24) is 20.0 Å². The number of aromatic nitrogens is 4. The molecule has 1 amide bonds. The number of carbonyl (C=O) groups is 1. The molecule has 0 unspecified atom stereocenters. The number of thioether (sulfide) groups is 1. The summed E-state index contributed by atoms with van der Waals surface area (Å²) in [6, 6.07) is 8.78. The van der Waals surface area contributed by atoms with Gasteiger partial charge in [-0.1, -0.05) is 6.07 Å². The van der Waals surface area contributed by atoms with E-state index in [-0.39, 0.29) is 5.82 Å². The molecule has 0 atom stereocenters. The van der Waals surface area contributed by atoms with Crippen molar-refractivity contribution in [1.29, 1.82) is 0 Å². The van der Waals surface area contributed by atoms with Gasteiger partial charge in [-0.3, -0.25) is 9.59 Å². The molecule has 27 heavy (non-hydrogen) atoms. The van der Waals surface area contributed by atoms with E-state index in [0.717, 1.165) is 23.2 Å². The highest BCUT2D eigenvalue weighted by Gasteiger charge is 2.41. The predicted octanol–water partition coefficient (Wildman–Crippen LogP) is 2.95. The number of hydrogen-bond acceptors (Lipinski definition) is 5. The van der Waals surface area contributed by atoms with Crippen molar-refractivity contribution in [2.24, 2.45) is 0 Å². The van der Waals surface area contributed by atoms with Crippen molar-refractivity contribution in [2.45, 2.75) is 11.1 Å². The van der Waals surface area contributed by atoms with Crippen LogP contribution < -0.4 is 10.9 Å². The number of rotatable bonds is 4. The number of amides is 1. The van der Waals surface area contributed by atoms with E-state index in [2.05, 4.69) is 15.5 Å². The Balaban J connectivity index is 2.01. The van der Waals surface area contributed by atoms with Crippen LogP contribution in [0.25, 0.3) is 5.82 Å². The first-order valence-corrected chi connectivity index (χ1v) is 8.69. The van der Waals surface area contributed by atoms with E-state index in [1.54, 1.807) is 24.3 Å². The Kier molecular flexibility index (Phi) is 5.04. The van der Waals surface area contributed by atoms with E-state index >= 15 is 0 Å². The van der Waals surface area contributed by atoms with Crippen LogP contribution in [0.15, 0.2) is 52.3 Å². The molecule has 0 saturated carbocycles. The number of nitrogens with one attached hydrogen (secondary N) is 2. The monoisotopic (exact) mass is 395 g/mol. The maximum absolute atomic E-state index is 13.6. The van der Waals surface area contributed by atoms with E-state index < -0.39 is 28.9 Å². The molecule has 140 valence electrons. The summed E-state index contributed by atoms with van der Waals surface area (Å²) in [7, 11) is 0. The Morgan fingerprint density at radius 3 is 2.67 bits per heavy atom. The average Bonchev–Trinajstić information content (AvgIpc) is 3.08. The first-order valence-electron chi connectivity index (χ1n) is 7.46. The fourth-order valence-corrected chi connectivity index (χ4v) is 2.77. The van der Waals surface area contributed by atoms with Crippen LogP contribution in [-0.2, 0) is 6.18 Å². The number of halogens is 3. The fourth-order valence-electron chi connectivity index (χ4n) is 2.32. The van der Waals surface area contributed by atoms with Crippen molar-refractivity contribution in [3.05, 3.63) is 64.2 Å². The number of nitrogens with zero attached hydrogens (tertiary/aromatic N) is 3. The topological polar surface area (TPSA) is 92.7 Å². The molecule has 3 aromatic rings. The summed E-state index contributed by atoms with van der Waals surface area (Å²) >= 11 is 1.43. The minimum Gasteiger partial charge on any atom is -0.322 e. The van der Waals surface area contributed by atoms with E-state index in [0.29, 0.717) is 10.4 Å². The quantitative estimate of drug-likeness (QED) is 0.663. The van der Waals surface area contributed by atoms with Crippen molar-refractivity contribution in [3.63, 3.8) is 0 Å². The standard InChI is InChI=1S/C16H12F3N5O2S/c1-27-10-4-2-3-9(7-10)21-15(26)11-8-20-24(14(11)16(17,18)19)12-5-6-13(25)23-22-12/h2-8H,1H3,(H,21,26)(H,23,25). The molecular weight excluding hydrogens is 383 g/mol. The van der Waals surface area contributed by atoms with Crippen LogP contribution in [0.2, 0.25) is 0 Å². The Morgan fingerprint density at radius 2 is 2.04 bits per heavy atom. The van der Waals surface area contributed by atoms with E-state index in [1.165, 1.54) is 11.8 Å². The normalized spacial score (nSPS) is 11.4. The Hall–Kier alpha value is -3.08. The van der Waals surface area contributed by atoms with Gasteiger partial charge in [0.05, 0.1) is 11.8 Å². The third-order valence-corrected chi connectivity index (χ3v) is 4.22. The van der Waals surface area contributed by atoms with Crippen LogP contribution in [0.3, 0.4) is 0 Å². The van der Waals surface area contributed by atoms with Crippen molar-refractivity contribution < 1.29 is 18.0 Å². The molecule has 0 bridgehead atoms. The van der Waals surface area contributed by atoms with Gasteiger partial charge in [0.1, 0.15) is 0 Å². The summed E-state index contributed by atoms with van der Waals surface area (Å²) < 4.78 is 41.2. The van der Waals surface area contributed by atoms with Crippen LogP contribution >= 0.6 is 11.8 Å². The lowest BCUT2D eigenvalue weighted by atomic mass is 10.2. The first kappa shape index (κ1) is 18.7. The highest BCUT2D eigenvalue weighted by atomic mass is 32.2. The fraction of sp³-hybridized carbons (Fsp3) is 0.125. The van der Waals surface area contributed by atoms with Gasteiger partial charge < -0.3 is 5.32 Å². The molecule has 1 aromatic carbocycles. The molecule has 0 aliphatic rings. The van der Waals surface area contributed by atoms with Gasteiger partial charge in [0, 0.05) is 16.6 Å². The van der Waals surface area contributed by atoms with Crippen LogP contribution in [-0.4, -0.2) is 32.1 Å². The third kappa shape index (κ3) is 4.03. The maximum atomic E-state index is 13.6. The van der Waals surface area contributed by atoms with Crippen LogP contribution in [0.1, 0.15) is 16.1 Å². The second kappa shape index (κ2) is 7.27. The van der Waals surface area contributed by atoms with Gasteiger partial charge in [-0.05, 0) is 30.5 Å². The summed E-state index contributed by atoms with van der Waals surface area (Å²) in [4.78, 5) is 24.3. The molecule has 0 fully saturated rings. The van der Waals surface area contributed by atoms with Crippen molar-refractivity contribution in [2.75, 3.05) is 11.6 Å². The zero-order valence-electron chi connectivity index (χ0n) is 13.7. The molecule has 0 aliphatic carbocycles. The Morgan fingerprint density at radius 1 is 1.26 bits per heavy atom. The molecule has 7 nitrogen and oxygen atoms in total. The molecule has 2 N–H and O–H groups in total. The maximum Gasteiger partial charge on any atom is 0.434 e. The molecule has 0 saturated heterocycles. The Labute approximate surface area is 154 Å². The molecule has 2 heterocycles. The molecule has 11 heteroatoms. The smallest absolute Gasteiger partial charge is 0.322 e. The molecular formula is C16H12F3N5O2S. The van der Waals surface area contributed by atoms with Gasteiger partial charge in [-0.25, -0.2) is 9.78 Å². The largest absolute Gasteiger partial charge is 0.434 e. The van der Waals surface area contributed by atoms with E-state index in [4.69, 9.17) is 0 Å². The number of hydrogen-bond donors (Lipinski definition) is 2. The van der Waals surface area contributed by atoms with Gasteiger partial charge in [0.15, 0.2) is 11.5 Å². The van der Waals surface area contributed by atoms with Gasteiger partial charge in [0.2, 0.25) is 0 Å². The minimum atomic E-state index is -4.87. The first-order chi connectivity index (χ1) is 12.8. The van der Waals surface area contributed by atoms with Crippen molar-refractivity contribution >= 4 is 23.4 Å². The van der Waals surface area contributed by atoms with Gasteiger partial charge in [0.25, 0.3) is 11.5 Å². The van der Waals surface area contributed by atoms with Crippen LogP contribution in [0.5, 0.6) is 0 Å². The zero-order valence-corrected chi connectivity index (χ0v) is 14.6. The highest BCUT2D eigenvalue weighted by molar-refractivity contribution is 7.98. The number of anilines is 1. The lowest BCUT2D eigenvalue weighted by Gasteiger charge is -2.12. The van der Waals surface area contributed by atoms with E-state index in [9.17, 15) is 22.8 Å². The molecule has 0 spiro atoms. The van der Waals surface area contributed by atoms with Crippen LogP contribution in [0.4, 0.5) is 18.9 Å². The average molecular weight is 395 g/mol. The predicted molar refractivity (Wildman–Crippen MR) is 93.2 cm³/mol. The Bertz CT molecular complexity index is 1020. The number of alkyl halides is 3. The number of H-pyrrole nitrogens is 1. The highest BCUT2D eigenvalue weighted by Crippen LogP contribution is 2.33. The summed E-state index contributed by atoms with van der Waals surface area (Å²) in [5, 5.41) is 11.6. The molecule has 3 rings (SSSR count). The third-order valence-electron chi connectivity index (χ3n) is 3.49. The van der Waals surface area contributed by atoms with Crippen LogP contribution in [0, 0.1) is 0 Å². The van der Waals surface area contributed by atoms with E-state index in [1.807, 2.05) is 11.4 Å². The van der Waals surface area contributed by atoms with Gasteiger partial charge >= 0.3 is 6.18 Å². The molecule has 2 aromatic heterocycles. The zero-order chi connectivity index (χ0) is 19.6. The SMILES string of the molecule is CSc1cccc(NC(=O)c2cnn(-c3ccc(=O)[nH]n3)c2C(F)(F)F)c1. The van der Waals surface area contributed by atoms with Gasteiger partial charge in [-0.2, -0.15) is 23.4 Å². The lowest BCUT2D eigenvalue weighted by molar-refractivity contribution is -0.143. The minimum absolute atomic E-state index is 0.273. The number of benzene rings is 1. The summed E-state index contributed by atoms with van der Waals surface area (Å²) in [5.41, 5.74) is -2.17. The van der Waals surface area contributed by atoms with Crippen molar-refractivity contribution in [3.8, 4) is 5.82 Å². The van der Waals surface area contributed by atoms with Gasteiger partial charge in [-0.15, -0.1) is 11.8 Å². The molecule has 0 aliphatic heterocycles. The summed E-state index contributed by atoms with van der Waals surface area (Å²) in [6.07, 6.45) is -2.23. The summed E-state index contributed by atoms with van der Waals surface area (Å²) in [5.74, 6) is -1.23. The second-order valence-corrected chi connectivity index (χ2v) is 6.16.